The molecule has 0 saturated carbocycles. The average molecular weight is 272 g/mol. The molecule has 2 rings (SSSR count). The van der Waals surface area contributed by atoms with E-state index in [9.17, 15) is 4.39 Å². The van der Waals surface area contributed by atoms with Gasteiger partial charge in [-0.25, -0.2) is 4.39 Å². The smallest absolute Gasteiger partial charge is 0.141 e. The zero-order chi connectivity index (χ0) is 14.7. The third-order valence-electron chi connectivity index (χ3n) is 3.36. The van der Waals surface area contributed by atoms with Gasteiger partial charge in [0.2, 0.25) is 0 Å². The van der Waals surface area contributed by atoms with Gasteiger partial charge in [0.15, 0.2) is 0 Å². The Kier molecular flexibility index (Phi) is 3.98. The number of halogens is 1. The molecule has 0 bridgehead atoms. The number of anilines is 1. The highest BCUT2D eigenvalue weighted by Crippen LogP contribution is 2.26. The van der Waals surface area contributed by atoms with E-state index in [4.69, 9.17) is 11.1 Å². The molecule has 0 radical (unpaired) electrons. The van der Waals surface area contributed by atoms with Crippen LogP contribution in [0.2, 0.25) is 0 Å². The van der Waals surface area contributed by atoms with Crippen LogP contribution in [0.25, 0.3) is 0 Å². The standard InChI is InChI=1S/C15H17FN4/c1-10(12-5-3-4-6-13(12)16)20(2)11-7-8-19-14(9-11)15(17)18/h3-10H,1-2H3,(H3,17,18). The highest BCUT2D eigenvalue weighted by Gasteiger charge is 2.16. The number of aromatic nitrogens is 1. The van der Waals surface area contributed by atoms with E-state index in [-0.39, 0.29) is 17.7 Å². The second kappa shape index (κ2) is 5.69. The van der Waals surface area contributed by atoms with Crippen LogP contribution in [0, 0.1) is 11.2 Å². The quantitative estimate of drug-likeness (QED) is 0.664. The van der Waals surface area contributed by atoms with Gasteiger partial charge in [0, 0.05) is 24.5 Å². The zero-order valence-electron chi connectivity index (χ0n) is 11.5. The van der Waals surface area contributed by atoms with Crippen molar-refractivity contribution in [3.05, 3.63) is 59.7 Å². The second-order valence-corrected chi connectivity index (χ2v) is 4.62. The summed E-state index contributed by atoms with van der Waals surface area (Å²) in [6.45, 7) is 1.92. The Morgan fingerprint density at radius 1 is 1.35 bits per heavy atom. The molecule has 1 aromatic carbocycles. The van der Waals surface area contributed by atoms with Crippen molar-refractivity contribution >= 4 is 11.5 Å². The molecule has 3 N–H and O–H groups in total. The molecule has 0 amide bonds. The fourth-order valence-electron chi connectivity index (χ4n) is 2.03. The third-order valence-corrected chi connectivity index (χ3v) is 3.36. The van der Waals surface area contributed by atoms with Gasteiger partial charge in [-0.15, -0.1) is 0 Å². The summed E-state index contributed by atoms with van der Waals surface area (Å²) in [7, 11) is 1.87. The molecule has 20 heavy (non-hydrogen) atoms. The predicted octanol–water partition coefficient (Wildman–Crippen LogP) is 2.70. The number of hydrogen-bond acceptors (Lipinski definition) is 3. The fraction of sp³-hybridized carbons (Fsp3) is 0.200. The first-order valence-electron chi connectivity index (χ1n) is 6.28. The Bertz CT molecular complexity index is 627. The summed E-state index contributed by atoms with van der Waals surface area (Å²) >= 11 is 0. The van der Waals surface area contributed by atoms with Gasteiger partial charge in [-0.3, -0.25) is 10.4 Å². The predicted molar refractivity (Wildman–Crippen MR) is 78.5 cm³/mol. The number of amidine groups is 1. The maximum atomic E-state index is 13.8. The Labute approximate surface area is 117 Å². The van der Waals surface area contributed by atoms with E-state index in [1.54, 1.807) is 24.4 Å². The molecule has 0 aliphatic heterocycles. The van der Waals surface area contributed by atoms with Crippen LogP contribution in [0.5, 0.6) is 0 Å². The number of pyridine rings is 1. The summed E-state index contributed by atoms with van der Waals surface area (Å²) in [5.41, 5.74) is 7.30. The fourth-order valence-corrected chi connectivity index (χ4v) is 2.03. The van der Waals surface area contributed by atoms with Crippen molar-refractivity contribution in [2.24, 2.45) is 5.73 Å². The molecule has 0 spiro atoms. The monoisotopic (exact) mass is 272 g/mol. The number of rotatable bonds is 4. The van der Waals surface area contributed by atoms with E-state index < -0.39 is 0 Å². The number of nitrogens with one attached hydrogen (secondary N) is 1. The first kappa shape index (κ1) is 14.0. The van der Waals surface area contributed by atoms with Gasteiger partial charge in [0.05, 0.1) is 6.04 Å². The molecule has 0 aliphatic carbocycles. The number of hydrogen-bond donors (Lipinski definition) is 2. The molecule has 0 saturated heterocycles. The molecule has 1 unspecified atom stereocenters. The second-order valence-electron chi connectivity index (χ2n) is 4.62. The summed E-state index contributed by atoms with van der Waals surface area (Å²) in [6, 6.07) is 10.1. The van der Waals surface area contributed by atoms with Crippen LogP contribution in [0.15, 0.2) is 42.6 Å². The first-order valence-corrected chi connectivity index (χ1v) is 6.28. The minimum absolute atomic E-state index is 0.0844. The molecule has 104 valence electrons. The van der Waals surface area contributed by atoms with Crippen LogP contribution < -0.4 is 10.6 Å². The van der Waals surface area contributed by atoms with Gasteiger partial charge in [0.25, 0.3) is 0 Å². The SMILES string of the molecule is CC(c1ccccc1F)N(C)c1ccnc(C(=N)N)c1. The molecule has 1 atom stereocenters. The van der Waals surface area contributed by atoms with Crippen LogP contribution in [0.4, 0.5) is 10.1 Å². The lowest BCUT2D eigenvalue weighted by atomic mass is 10.1. The Morgan fingerprint density at radius 2 is 2.05 bits per heavy atom. The number of nitrogen functional groups attached to an aromatic ring is 1. The van der Waals surface area contributed by atoms with Crippen LogP contribution in [0.1, 0.15) is 24.2 Å². The minimum atomic E-state index is -0.229. The molecular weight excluding hydrogens is 255 g/mol. The Balaban J connectivity index is 2.31. The lowest BCUT2D eigenvalue weighted by molar-refractivity contribution is 0.585. The molecule has 0 aliphatic rings. The van der Waals surface area contributed by atoms with Gasteiger partial charge in [0.1, 0.15) is 17.3 Å². The molecule has 2 aromatic rings. The summed E-state index contributed by atoms with van der Waals surface area (Å²) in [6.07, 6.45) is 1.59. The normalized spacial score (nSPS) is 11.9. The lowest BCUT2D eigenvalue weighted by Gasteiger charge is -2.27. The molecule has 1 aromatic heterocycles. The van der Waals surface area contributed by atoms with Crippen LogP contribution in [-0.4, -0.2) is 17.9 Å². The highest BCUT2D eigenvalue weighted by atomic mass is 19.1. The van der Waals surface area contributed by atoms with Crippen molar-refractivity contribution in [3.8, 4) is 0 Å². The topological polar surface area (TPSA) is 66.0 Å². The molecule has 5 heteroatoms. The molecular formula is C15H17FN4. The minimum Gasteiger partial charge on any atom is -0.382 e. The maximum absolute atomic E-state index is 13.8. The van der Waals surface area contributed by atoms with Crippen molar-refractivity contribution in [2.45, 2.75) is 13.0 Å². The molecule has 0 fully saturated rings. The first-order chi connectivity index (χ1) is 9.50. The Hall–Kier alpha value is -2.43. The average Bonchev–Trinajstić information content (AvgIpc) is 2.46. The third kappa shape index (κ3) is 2.77. The zero-order valence-corrected chi connectivity index (χ0v) is 11.5. The molecule has 4 nitrogen and oxygen atoms in total. The summed E-state index contributed by atoms with van der Waals surface area (Å²) < 4.78 is 13.8. The Morgan fingerprint density at radius 3 is 2.70 bits per heavy atom. The van der Waals surface area contributed by atoms with Gasteiger partial charge in [-0.2, -0.15) is 0 Å². The molecule has 1 heterocycles. The van der Waals surface area contributed by atoms with E-state index in [0.717, 1.165) is 5.69 Å². The van der Waals surface area contributed by atoms with Crippen molar-refractivity contribution in [1.29, 1.82) is 5.41 Å². The van der Waals surface area contributed by atoms with E-state index >= 15 is 0 Å². The lowest BCUT2D eigenvalue weighted by Crippen LogP contribution is -2.23. The van der Waals surface area contributed by atoms with Crippen LogP contribution >= 0.6 is 0 Å². The number of nitrogens with zero attached hydrogens (tertiary/aromatic N) is 2. The van der Waals surface area contributed by atoms with E-state index in [1.165, 1.54) is 6.07 Å². The van der Waals surface area contributed by atoms with Gasteiger partial charge in [-0.05, 0) is 25.1 Å². The van der Waals surface area contributed by atoms with Gasteiger partial charge < -0.3 is 10.6 Å². The van der Waals surface area contributed by atoms with Crippen molar-refractivity contribution in [3.63, 3.8) is 0 Å². The van der Waals surface area contributed by atoms with Crippen molar-refractivity contribution in [2.75, 3.05) is 11.9 Å². The summed E-state index contributed by atoms with van der Waals surface area (Å²) in [5.74, 6) is -0.313. The number of nitrogens with two attached hydrogens (primary N) is 1. The van der Waals surface area contributed by atoms with Crippen molar-refractivity contribution in [1.82, 2.24) is 4.98 Å². The maximum Gasteiger partial charge on any atom is 0.141 e. The van der Waals surface area contributed by atoms with Crippen molar-refractivity contribution < 1.29 is 4.39 Å². The number of benzene rings is 1. The highest BCUT2D eigenvalue weighted by molar-refractivity contribution is 5.93. The van der Waals surface area contributed by atoms with E-state index in [0.29, 0.717) is 11.3 Å². The summed E-state index contributed by atoms with van der Waals surface area (Å²) in [4.78, 5) is 5.94. The van der Waals surface area contributed by atoms with Crippen LogP contribution in [0.3, 0.4) is 0 Å². The van der Waals surface area contributed by atoms with Crippen LogP contribution in [-0.2, 0) is 0 Å². The van der Waals surface area contributed by atoms with Gasteiger partial charge >= 0.3 is 0 Å². The van der Waals surface area contributed by atoms with E-state index in [1.807, 2.05) is 31.0 Å². The summed E-state index contributed by atoms with van der Waals surface area (Å²) in [5, 5.41) is 7.42. The van der Waals surface area contributed by atoms with Gasteiger partial charge in [-0.1, -0.05) is 18.2 Å². The largest absolute Gasteiger partial charge is 0.382 e. The van der Waals surface area contributed by atoms with E-state index in [2.05, 4.69) is 4.98 Å².